The van der Waals surface area contributed by atoms with E-state index in [1.54, 1.807) is 12.1 Å². The van der Waals surface area contributed by atoms with Gasteiger partial charge in [0.05, 0.1) is 38.6 Å². The molecule has 0 unspecified atom stereocenters. The molecule has 0 aliphatic carbocycles. The number of unbranched alkanes of at least 4 members (excludes halogenated alkanes) is 4. The lowest BCUT2D eigenvalue weighted by molar-refractivity contribution is -0.646. The third-order valence-electron chi connectivity index (χ3n) is 5.13. The van der Waals surface area contributed by atoms with Crippen LogP contribution in [0, 0.1) is 10.4 Å². The van der Waals surface area contributed by atoms with Crippen LogP contribution in [0.2, 0.25) is 0 Å². The average molecular weight is 541 g/mol. The molecule has 0 fully saturated rings. The zero-order chi connectivity index (χ0) is 26.2. The summed E-state index contributed by atoms with van der Waals surface area (Å²) in [6.07, 6.45) is 10.4. The van der Waals surface area contributed by atoms with Gasteiger partial charge in [0.2, 0.25) is 23.9 Å². The molecule has 0 aliphatic rings. The van der Waals surface area contributed by atoms with Crippen LogP contribution in [-0.4, -0.2) is 26.4 Å². The summed E-state index contributed by atoms with van der Waals surface area (Å²) in [6.45, 7) is 10.5. The normalized spacial score (nSPS) is 10.9. The molecule has 0 amide bonds. The van der Waals surface area contributed by atoms with Crippen molar-refractivity contribution in [2.24, 2.45) is 0 Å². The van der Waals surface area contributed by atoms with Crippen molar-refractivity contribution in [3.05, 3.63) is 34.9 Å². The minimum absolute atomic E-state index is 0.395. The van der Waals surface area contributed by atoms with E-state index in [4.69, 9.17) is 18.9 Å². The number of hydrogen-bond acceptors (Lipinski definition) is 8. The van der Waals surface area contributed by atoms with E-state index in [2.05, 4.69) is 27.7 Å². The monoisotopic (exact) mass is 540 g/mol. The van der Waals surface area contributed by atoms with Crippen LogP contribution >= 0.6 is 21.6 Å². The summed E-state index contributed by atoms with van der Waals surface area (Å²) in [5.74, 6) is 1.94. The Morgan fingerprint density at radius 3 is 1.17 bits per heavy atom. The van der Waals surface area contributed by atoms with Crippen LogP contribution < -0.4 is 28.4 Å². The predicted octanol–water partition coefficient (Wildman–Crippen LogP) is 6.47. The Balaban J connectivity index is 2.21. The summed E-state index contributed by atoms with van der Waals surface area (Å²) in [5, 5.41) is 26.2. The van der Waals surface area contributed by atoms with Crippen molar-refractivity contribution >= 4 is 21.6 Å². The summed E-state index contributed by atoms with van der Waals surface area (Å²) in [6, 6.07) is 3.36. The second-order valence-corrected chi connectivity index (χ2v) is 10.5. The molecular formula is C26H40N2O6S2. The minimum atomic E-state index is 0.395. The quantitative estimate of drug-likeness (QED) is 0.0867. The summed E-state index contributed by atoms with van der Waals surface area (Å²) >= 11 is 0. The van der Waals surface area contributed by atoms with E-state index in [0.717, 1.165) is 60.8 Å². The molecule has 2 heterocycles. The van der Waals surface area contributed by atoms with Gasteiger partial charge in [0.25, 0.3) is 10.1 Å². The van der Waals surface area contributed by atoms with Gasteiger partial charge in [-0.25, -0.2) is 0 Å². The second kappa shape index (κ2) is 17.3. The summed E-state index contributed by atoms with van der Waals surface area (Å²) in [7, 11) is 2.37. The number of hydrogen-bond donors (Lipinski definition) is 0. The number of aromatic nitrogens is 2. The van der Waals surface area contributed by atoms with E-state index in [1.165, 1.54) is 34.0 Å². The van der Waals surface area contributed by atoms with Crippen LogP contribution in [0.25, 0.3) is 0 Å². The molecule has 0 aromatic carbocycles. The maximum atomic E-state index is 12.7. The Kier molecular flexibility index (Phi) is 14.4. The van der Waals surface area contributed by atoms with Crippen molar-refractivity contribution in [1.29, 1.82) is 0 Å². The molecule has 10 heteroatoms. The van der Waals surface area contributed by atoms with E-state index in [1.807, 2.05) is 0 Å². The molecule has 0 saturated carbocycles. The van der Waals surface area contributed by atoms with Crippen LogP contribution in [0.15, 0.2) is 34.6 Å². The fraction of sp³-hybridized carbons (Fsp3) is 0.615. The Hall–Kier alpha value is -2.20. The largest absolute Gasteiger partial charge is 0.618 e. The van der Waals surface area contributed by atoms with Gasteiger partial charge in [0.15, 0.2) is 11.5 Å². The lowest BCUT2D eigenvalue weighted by atomic mass is 10.3. The highest BCUT2D eigenvalue weighted by Crippen LogP contribution is 2.40. The Labute approximate surface area is 223 Å². The van der Waals surface area contributed by atoms with Gasteiger partial charge >= 0.3 is 0 Å². The molecule has 2 aromatic heterocycles. The molecule has 2 rings (SSSR count). The molecule has 8 nitrogen and oxygen atoms in total. The van der Waals surface area contributed by atoms with Crippen molar-refractivity contribution in [1.82, 2.24) is 0 Å². The molecule has 0 saturated heterocycles. The van der Waals surface area contributed by atoms with Crippen molar-refractivity contribution < 1.29 is 28.4 Å². The predicted molar refractivity (Wildman–Crippen MR) is 144 cm³/mol. The first-order valence-corrected chi connectivity index (χ1v) is 15.1. The van der Waals surface area contributed by atoms with Crippen LogP contribution in [0.4, 0.5) is 0 Å². The topological polar surface area (TPSA) is 90.8 Å². The lowest BCUT2D eigenvalue weighted by Gasteiger charge is -2.14. The standard InChI is InChI=1S/C26H40N2O6S2/c1-5-9-13-31-21-17-25(27(29)19-23(21)33-15-11-7-3)35-36-26-18-22(32-14-10-6-2)24(20-28(26)30)34-16-12-8-4/h17-20H,5-16H2,1-4H3. The van der Waals surface area contributed by atoms with Gasteiger partial charge in [-0.3, -0.25) is 0 Å². The van der Waals surface area contributed by atoms with Crippen molar-refractivity contribution in [2.75, 3.05) is 26.4 Å². The molecule has 0 N–H and O–H groups in total. The van der Waals surface area contributed by atoms with Gasteiger partial charge in [0, 0.05) is 21.6 Å². The van der Waals surface area contributed by atoms with Gasteiger partial charge in [0.1, 0.15) is 0 Å². The maximum absolute atomic E-state index is 12.7. The third kappa shape index (κ3) is 10.0. The van der Waals surface area contributed by atoms with E-state index >= 15 is 0 Å². The van der Waals surface area contributed by atoms with Crippen LogP contribution in [0.5, 0.6) is 23.0 Å². The highest BCUT2D eigenvalue weighted by molar-refractivity contribution is 8.76. The van der Waals surface area contributed by atoms with Gasteiger partial charge in [-0.2, -0.15) is 9.46 Å². The van der Waals surface area contributed by atoms with E-state index in [-0.39, 0.29) is 0 Å². The van der Waals surface area contributed by atoms with Crippen molar-refractivity contribution in [2.45, 2.75) is 89.1 Å². The number of ether oxygens (including phenoxy) is 4. The molecule has 202 valence electrons. The zero-order valence-corrected chi connectivity index (χ0v) is 23.6. The number of rotatable bonds is 19. The fourth-order valence-corrected chi connectivity index (χ4v) is 4.89. The minimum Gasteiger partial charge on any atom is -0.618 e. The lowest BCUT2D eigenvalue weighted by Crippen LogP contribution is -2.30. The first kappa shape index (κ1) is 30.0. The van der Waals surface area contributed by atoms with E-state index in [0.29, 0.717) is 59.5 Å². The summed E-state index contributed by atoms with van der Waals surface area (Å²) in [5.41, 5.74) is 0. The maximum Gasteiger partial charge on any atom is 0.266 e. The molecule has 0 radical (unpaired) electrons. The smallest absolute Gasteiger partial charge is 0.266 e. The highest BCUT2D eigenvalue weighted by atomic mass is 33.1. The third-order valence-corrected chi connectivity index (χ3v) is 7.43. The summed E-state index contributed by atoms with van der Waals surface area (Å²) in [4.78, 5) is 0. The second-order valence-electron chi connectivity index (χ2n) is 8.31. The van der Waals surface area contributed by atoms with Gasteiger partial charge in [-0.1, -0.05) is 53.4 Å². The molecule has 2 aromatic rings. The average Bonchev–Trinajstić information content (AvgIpc) is 2.86. The highest BCUT2D eigenvalue weighted by Gasteiger charge is 2.21. The van der Waals surface area contributed by atoms with Gasteiger partial charge < -0.3 is 29.4 Å². The number of nitrogens with zero attached hydrogens (tertiary/aromatic N) is 2. The zero-order valence-electron chi connectivity index (χ0n) is 22.0. The van der Waals surface area contributed by atoms with Crippen molar-refractivity contribution in [3.63, 3.8) is 0 Å². The van der Waals surface area contributed by atoms with Crippen molar-refractivity contribution in [3.8, 4) is 23.0 Å². The Morgan fingerprint density at radius 2 is 0.861 bits per heavy atom. The first-order valence-electron chi connectivity index (χ1n) is 12.9. The van der Waals surface area contributed by atoms with Crippen LogP contribution in [-0.2, 0) is 0 Å². The Bertz CT molecular complexity index is 843. The summed E-state index contributed by atoms with van der Waals surface area (Å²) < 4.78 is 24.9. The first-order chi connectivity index (χ1) is 17.5. The molecule has 0 atom stereocenters. The number of pyridine rings is 2. The van der Waals surface area contributed by atoms with Gasteiger partial charge in [-0.15, -0.1) is 0 Å². The fourth-order valence-electron chi connectivity index (χ4n) is 2.92. The molecular weight excluding hydrogens is 500 g/mol. The van der Waals surface area contributed by atoms with Crippen LogP contribution in [0.1, 0.15) is 79.1 Å². The van der Waals surface area contributed by atoms with Crippen LogP contribution in [0.3, 0.4) is 0 Å². The SMILES string of the molecule is CCCCOc1cc(SSc2cc(OCCCC)c(OCCCC)c[n+]2[O-])[n+]([O-])cc1OCCCC. The van der Waals surface area contributed by atoms with E-state index in [9.17, 15) is 10.4 Å². The molecule has 0 aliphatic heterocycles. The Morgan fingerprint density at radius 1 is 0.556 bits per heavy atom. The molecule has 36 heavy (non-hydrogen) atoms. The molecule has 0 spiro atoms. The van der Waals surface area contributed by atoms with E-state index < -0.39 is 0 Å². The molecule has 0 bridgehead atoms. The van der Waals surface area contributed by atoms with Gasteiger partial charge in [-0.05, 0) is 25.7 Å².